The molecule has 0 atom stereocenters. The standard InChI is InChI=1S/C39H23NS.C33H19NOS.C33H19NS2/c1-2-14-29-27(12-1)28-13-3-4-15-30(28)35-23-25(20-21-31(29)35)24-10-9-11-26(22-24)37-32-16-5-6-17-33(32)39-38(40-37)34-18-7-8-19-36(34)41-39;2*1-2-13-26-24(12-1)30(34-31-27-14-4-6-18-29(27)36-33(26)31)21-10-7-9-20(19-21)22-15-8-16-25-23-11-3-5-17-28(23)35-32(22)25/h1-23H;2*1-19H. The van der Waals surface area contributed by atoms with Crippen LogP contribution in [0.25, 0.3) is 235 Å². The summed E-state index contributed by atoms with van der Waals surface area (Å²) >= 11 is 7.37. The number of hydrogen-bond acceptors (Lipinski definition) is 8. The molecule has 8 aromatic heterocycles. The Kier molecular flexibility index (Phi) is 15.4. The van der Waals surface area contributed by atoms with E-state index in [0.29, 0.717) is 0 Å². The third-order valence-electron chi connectivity index (χ3n) is 22.6. The van der Waals surface area contributed by atoms with Gasteiger partial charge in [0.25, 0.3) is 0 Å². The molecule has 0 amide bonds. The highest BCUT2D eigenvalue weighted by atomic mass is 32.1. The second kappa shape index (κ2) is 26.6. The average Bonchev–Trinajstić information content (AvgIpc) is 1.56. The van der Waals surface area contributed by atoms with Crippen molar-refractivity contribution in [3.63, 3.8) is 0 Å². The van der Waals surface area contributed by atoms with Crippen LogP contribution in [-0.4, -0.2) is 15.0 Å². The summed E-state index contributed by atoms with van der Waals surface area (Å²) < 4.78 is 16.6. The van der Waals surface area contributed by atoms with Crippen LogP contribution in [-0.2, 0) is 0 Å². The summed E-state index contributed by atoms with van der Waals surface area (Å²) in [6.07, 6.45) is 0. The van der Waals surface area contributed by atoms with Crippen LogP contribution in [0.2, 0.25) is 0 Å². The largest absolute Gasteiger partial charge is 0.455 e. The van der Waals surface area contributed by atoms with Gasteiger partial charge in [0.05, 0.1) is 47.7 Å². The van der Waals surface area contributed by atoms with Gasteiger partial charge in [0.15, 0.2) is 0 Å². The van der Waals surface area contributed by atoms with E-state index in [4.69, 9.17) is 19.4 Å². The molecule has 8 heterocycles. The van der Waals surface area contributed by atoms with Crippen LogP contribution < -0.4 is 0 Å². The Morgan fingerprint density at radius 3 is 0.965 bits per heavy atom. The lowest BCUT2D eigenvalue weighted by molar-refractivity contribution is 0.670. The molecule has 25 rings (SSSR count). The fraction of sp³-hybridized carbons (Fsp3) is 0. The molecule has 0 spiro atoms. The molecule has 113 heavy (non-hydrogen) atoms. The zero-order valence-electron chi connectivity index (χ0n) is 60.6. The Balaban J connectivity index is 0.000000101. The van der Waals surface area contributed by atoms with Crippen molar-refractivity contribution in [3.8, 4) is 67.2 Å². The molecule has 0 fully saturated rings. The Labute approximate surface area is 664 Å². The maximum Gasteiger partial charge on any atom is 0.143 e. The second-order valence-electron chi connectivity index (χ2n) is 29.0. The van der Waals surface area contributed by atoms with Crippen LogP contribution in [0.4, 0.5) is 0 Å². The normalized spacial score (nSPS) is 11.9. The minimum absolute atomic E-state index is 0.915. The van der Waals surface area contributed by atoms with Gasteiger partial charge in [-0.25, -0.2) is 15.0 Å². The summed E-state index contributed by atoms with van der Waals surface area (Å²) in [5, 5.41) is 23.8. The summed E-state index contributed by atoms with van der Waals surface area (Å²) in [7, 11) is 0. The number of thiophene rings is 4. The van der Waals surface area contributed by atoms with Crippen LogP contribution in [0.1, 0.15) is 0 Å². The lowest BCUT2D eigenvalue weighted by Crippen LogP contribution is -1.89. The van der Waals surface area contributed by atoms with Crippen molar-refractivity contribution in [3.05, 3.63) is 370 Å². The van der Waals surface area contributed by atoms with E-state index in [9.17, 15) is 0 Å². The molecule has 4 nitrogen and oxygen atoms in total. The Hall–Kier alpha value is -13.6. The minimum atomic E-state index is 0.915. The van der Waals surface area contributed by atoms with E-state index >= 15 is 0 Å². The first-order chi connectivity index (χ1) is 56.0. The SMILES string of the molecule is c1cc(-c2ccc3c4ccccc4c4ccccc4c3c2)cc(-c2nc3c4ccccc4sc3c3ccccc23)c1.c1cc(-c2nc3c4ccccc4sc3c3ccccc23)cc(-c2cccc3c2oc2ccccc23)c1.c1cc(-c2nc3c4ccccc4sc3c3ccccc23)cc(-c2cccc3c2sc2ccccc23)c1. The van der Waals surface area contributed by atoms with Gasteiger partial charge < -0.3 is 4.42 Å². The van der Waals surface area contributed by atoms with Gasteiger partial charge in [0, 0.05) is 116 Å². The molecule has 526 valence electrons. The molecule has 0 N–H and O–H groups in total. The first-order valence-electron chi connectivity index (χ1n) is 38.1. The van der Waals surface area contributed by atoms with Crippen molar-refractivity contribution in [2.24, 2.45) is 0 Å². The maximum atomic E-state index is 6.33. The number of para-hydroxylation sites is 2. The molecular weight excluding hydrogens is 1450 g/mol. The third kappa shape index (κ3) is 10.8. The number of rotatable bonds is 6. The fourth-order valence-corrected chi connectivity index (χ4v) is 22.1. The quantitative estimate of drug-likeness (QED) is 0.156. The number of pyridine rings is 3. The summed E-state index contributed by atoms with van der Waals surface area (Å²) in [5.74, 6) is 0. The topological polar surface area (TPSA) is 51.8 Å². The van der Waals surface area contributed by atoms with Crippen molar-refractivity contribution in [1.29, 1.82) is 0 Å². The predicted molar refractivity (Wildman–Crippen MR) is 489 cm³/mol. The summed E-state index contributed by atoms with van der Waals surface area (Å²) in [4.78, 5) is 15.9. The van der Waals surface area contributed by atoms with E-state index in [2.05, 4.69) is 358 Å². The van der Waals surface area contributed by atoms with Crippen LogP contribution >= 0.6 is 45.3 Å². The molecule has 0 aliphatic carbocycles. The first kappa shape index (κ1) is 65.3. The fourth-order valence-electron chi connectivity index (χ4n) is 17.4. The van der Waals surface area contributed by atoms with Crippen molar-refractivity contribution in [2.75, 3.05) is 0 Å². The van der Waals surface area contributed by atoms with Gasteiger partial charge in [-0.3, -0.25) is 0 Å². The number of nitrogens with zero attached hydrogens (tertiary/aromatic N) is 3. The number of aromatic nitrogens is 3. The van der Waals surface area contributed by atoms with E-state index in [0.717, 1.165) is 83.4 Å². The Bertz CT molecular complexity index is 7900. The molecule has 0 radical (unpaired) electrons. The van der Waals surface area contributed by atoms with Crippen LogP contribution in [0.15, 0.2) is 374 Å². The van der Waals surface area contributed by atoms with Crippen LogP contribution in [0, 0.1) is 0 Å². The zero-order valence-corrected chi connectivity index (χ0v) is 63.9. The number of hydrogen-bond donors (Lipinski definition) is 0. The molecule has 0 bridgehead atoms. The minimum Gasteiger partial charge on any atom is -0.455 e. The lowest BCUT2D eigenvalue weighted by Gasteiger charge is -2.13. The van der Waals surface area contributed by atoms with Gasteiger partial charge in [0.1, 0.15) is 11.2 Å². The van der Waals surface area contributed by atoms with E-state index in [1.165, 1.54) is 151 Å². The number of fused-ring (bicyclic) bond motifs is 27. The van der Waals surface area contributed by atoms with Gasteiger partial charge in [-0.2, -0.15) is 0 Å². The van der Waals surface area contributed by atoms with E-state index in [1.54, 1.807) is 0 Å². The van der Waals surface area contributed by atoms with Gasteiger partial charge in [0.2, 0.25) is 0 Å². The van der Waals surface area contributed by atoms with Gasteiger partial charge in [-0.15, -0.1) is 45.3 Å². The van der Waals surface area contributed by atoms with E-state index < -0.39 is 0 Å². The molecule has 0 aliphatic rings. The summed E-state index contributed by atoms with van der Waals surface area (Å²) in [6, 6.07) is 133. The molecule has 17 aromatic carbocycles. The second-order valence-corrected chi connectivity index (χ2v) is 33.2. The van der Waals surface area contributed by atoms with Crippen molar-refractivity contribution >= 4 is 213 Å². The molecule has 0 unspecified atom stereocenters. The highest BCUT2D eigenvalue weighted by Crippen LogP contribution is 2.48. The number of benzene rings is 17. The molecule has 25 aromatic rings. The summed E-state index contributed by atoms with van der Waals surface area (Å²) in [6.45, 7) is 0. The lowest BCUT2D eigenvalue weighted by atomic mass is 9.91. The van der Waals surface area contributed by atoms with Gasteiger partial charge in [-0.1, -0.05) is 315 Å². The maximum absolute atomic E-state index is 6.33. The molecule has 0 saturated heterocycles. The Morgan fingerprint density at radius 1 is 0.177 bits per heavy atom. The third-order valence-corrected chi connectivity index (χ3v) is 27.4. The zero-order chi connectivity index (χ0) is 74.2. The van der Waals surface area contributed by atoms with Crippen LogP contribution in [0.3, 0.4) is 0 Å². The Morgan fingerprint density at radius 2 is 0.478 bits per heavy atom. The van der Waals surface area contributed by atoms with Gasteiger partial charge in [-0.05, 0) is 115 Å². The van der Waals surface area contributed by atoms with E-state index in [-0.39, 0.29) is 0 Å². The predicted octanol–water partition coefficient (Wildman–Crippen LogP) is 31.5. The first-order valence-corrected chi connectivity index (χ1v) is 41.4. The van der Waals surface area contributed by atoms with Gasteiger partial charge >= 0.3 is 0 Å². The number of furan rings is 1. The molecule has 8 heteroatoms. The van der Waals surface area contributed by atoms with Crippen LogP contribution in [0.5, 0.6) is 0 Å². The monoisotopic (exact) mass is 1510 g/mol. The molecule has 0 saturated carbocycles. The molecular formula is C105H61N3OS4. The highest BCUT2D eigenvalue weighted by Gasteiger charge is 2.22. The van der Waals surface area contributed by atoms with Crippen molar-refractivity contribution in [1.82, 2.24) is 15.0 Å². The smallest absolute Gasteiger partial charge is 0.143 e. The van der Waals surface area contributed by atoms with E-state index in [1.807, 2.05) is 57.5 Å². The summed E-state index contributed by atoms with van der Waals surface area (Å²) in [5.41, 5.74) is 18.7. The van der Waals surface area contributed by atoms with Crippen molar-refractivity contribution < 1.29 is 4.42 Å². The average molecular weight is 1510 g/mol. The highest BCUT2D eigenvalue weighted by molar-refractivity contribution is 7.28. The van der Waals surface area contributed by atoms with Crippen molar-refractivity contribution in [2.45, 2.75) is 0 Å². The molecule has 0 aliphatic heterocycles.